The van der Waals surface area contributed by atoms with E-state index in [2.05, 4.69) is 28.1 Å². The summed E-state index contributed by atoms with van der Waals surface area (Å²) in [6.45, 7) is 0.143. The van der Waals surface area contributed by atoms with E-state index in [0.717, 1.165) is 26.9 Å². The van der Waals surface area contributed by atoms with Crippen LogP contribution in [0.2, 0.25) is 0 Å². The Labute approximate surface area is 127 Å². The Morgan fingerprint density at radius 3 is 2.45 bits per heavy atom. The molecule has 0 aliphatic heterocycles. The van der Waals surface area contributed by atoms with Gasteiger partial charge in [0.1, 0.15) is 5.75 Å². The highest BCUT2D eigenvalue weighted by molar-refractivity contribution is 9.10. The molecule has 20 heavy (non-hydrogen) atoms. The van der Waals surface area contributed by atoms with Gasteiger partial charge in [0.25, 0.3) is 0 Å². The van der Waals surface area contributed by atoms with Crippen LogP contribution in [0.25, 0.3) is 5.57 Å². The van der Waals surface area contributed by atoms with Crippen molar-refractivity contribution >= 4 is 21.5 Å². The molecule has 0 aliphatic rings. The van der Waals surface area contributed by atoms with E-state index in [9.17, 15) is 0 Å². The standard InChI is InChI=1S/C17H17BrO2/c1-20-14-10-8-13(9-11-14)15(6-4-12-19)16-5-2-3-7-17(16)18/h2-3,5-11,19H,4,12H2,1H3/b15-6-. The van der Waals surface area contributed by atoms with Crippen molar-refractivity contribution in [2.75, 3.05) is 13.7 Å². The lowest BCUT2D eigenvalue weighted by Crippen LogP contribution is -1.92. The minimum atomic E-state index is 0.143. The first-order valence-electron chi connectivity index (χ1n) is 6.46. The molecule has 0 atom stereocenters. The maximum atomic E-state index is 9.08. The molecule has 3 heteroatoms. The van der Waals surface area contributed by atoms with Crippen LogP contribution in [0.4, 0.5) is 0 Å². The van der Waals surface area contributed by atoms with Gasteiger partial charge in [0, 0.05) is 11.1 Å². The normalized spacial score (nSPS) is 11.4. The number of aliphatic hydroxyl groups excluding tert-OH is 1. The van der Waals surface area contributed by atoms with Crippen molar-refractivity contribution in [2.24, 2.45) is 0 Å². The van der Waals surface area contributed by atoms with Crippen LogP contribution in [0, 0.1) is 0 Å². The van der Waals surface area contributed by atoms with Gasteiger partial charge < -0.3 is 9.84 Å². The first-order valence-corrected chi connectivity index (χ1v) is 7.26. The van der Waals surface area contributed by atoms with Crippen LogP contribution in [-0.4, -0.2) is 18.8 Å². The Morgan fingerprint density at radius 2 is 1.85 bits per heavy atom. The van der Waals surface area contributed by atoms with Gasteiger partial charge in [-0.2, -0.15) is 0 Å². The Kier molecular flexibility index (Phi) is 5.39. The highest BCUT2D eigenvalue weighted by Crippen LogP contribution is 2.30. The number of hydrogen-bond acceptors (Lipinski definition) is 2. The molecule has 2 nitrogen and oxygen atoms in total. The maximum Gasteiger partial charge on any atom is 0.118 e. The minimum Gasteiger partial charge on any atom is -0.497 e. The molecule has 0 amide bonds. The van der Waals surface area contributed by atoms with E-state index in [4.69, 9.17) is 9.84 Å². The van der Waals surface area contributed by atoms with Crippen molar-refractivity contribution in [1.29, 1.82) is 0 Å². The molecule has 0 fully saturated rings. The number of benzene rings is 2. The minimum absolute atomic E-state index is 0.143. The number of halogens is 1. The molecule has 2 rings (SSSR count). The van der Waals surface area contributed by atoms with E-state index >= 15 is 0 Å². The van der Waals surface area contributed by atoms with Crippen LogP contribution in [0.15, 0.2) is 59.1 Å². The van der Waals surface area contributed by atoms with E-state index in [1.165, 1.54) is 0 Å². The van der Waals surface area contributed by atoms with Gasteiger partial charge in [0.2, 0.25) is 0 Å². The Hall–Kier alpha value is -1.58. The molecule has 0 radical (unpaired) electrons. The fraction of sp³-hybridized carbons (Fsp3) is 0.176. The molecular formula is C17H17BrO2. The smallest absolute Gasteiger partial charge is 0.118 e. The topological polar surface area (TPSA) is 29.5 Å². The fourth-order valence-corrected chi connectivity index (χ4v) is 2.54. The lowest BCUT2D eigenvalue weighted by molar-refractivity contribution is 0.303. The van der Waals surface area contributed by atoms with E-state index in [0.29, 0.717) is 6.42 Å². The van der Waals surface area contributed by atoms with E-state index in [1.54, 1.807) is 7.11 Å². The van der Waals surface area contributed by atoms with Crippen molar-refractivity contribution in [3.63, 3.8) is 0 Å². The summed E-state index contributed by atoms with van der Waals surface area (Å²) in [6, 6.07) is 16.0. The van der Waals surface area contributed by atoms with Gasteiger partial charge in [-0.1, -0.05) is 52.3 Å². The van der Waals surface area contributed by atoms with Crippen molar-refractivity contribution < 1.29 is 9.84 Å². The van der Waals surface area contributed by atoms with Crippen molar-refractivity contribution in [1.82, 2.24) is 0 Å². The summed E-state index contributed by atoms with van der Waals surface area (Å²) < 4.78 is 6.23. The van der Waals surface area contributed by atoms with Gasteiger partial charge in [0.05, 0.1) is 7.11 Å². The molecule has 104 valence electrons. The fourth-order valence-electron chi connectivity index (χ4n) is 2.04. The lowest BCUT2D eigenvalue weighted by atomic mass is 9.97. The van der Waals surface area contributed by atoms with Crippen molar-refractivity contribution in [2.45, 2.75) is 6.42 Å². The van der Waals surface area contributed by atoms with Crippen LogP contribution in [-0.2, 0) is 0 Å². The zero-order chi connectivity index (χ0) is 14.4. The van der Waals surface area contributed by atoms with Crippen LogP contribution >= 0.6 is 15.9 Å². The van der Waals surface area contributed by atoms with Gasteiger partial charge in [0.15, 0.2) is 0 Å². The van der Waals surface area contributed by atoms with Gasteiger partial charge >= 0.3 is 0 Å². The maximum absolute atomic E-state index is 9.08. The average Bonchev–Trinajstić information content (AvgIpc) is 2.50. The lowest BCUT2D eigenvalue weighted by Gasteiger charge is -2.11. The van der Waals surface area contributed by atoms with Crippen LogP contribution in [0.5, 0.6) is 5.75 Å². The predicted molar refractivity (Wildman–Crippen MR) is 85.9 cm³/mol. The van der Waals surface area contributed by atoms with E-state index < -0.39 is 0 Å². The molecule has 0 aromatic heterocycles. The third kappa shape index (κ3) is 3.50. The first kappa shape index (κ1) is 14.8. The molecule has 0 saturated heterocycles. The quantitative estimate of drug-likeness (QED) is 0.885. The molecule has 0 aliphatic carbocycles. The van der Waals surface area contributed by atoms with Crippen LogP contribution < -0.4 is 4.74 Å². The largest absolute Gasteiger partial charge is 0.497 e. The monoisotopic (exact) mass is 332 g/mol. The Morgan fingerprint density at radius 1 is 1.15 bits per heavy atom. The molecule has 0 spiro atoms. The van der Waals surface area contributed by atoms with E-state index in [1.807, 2.05) is 42.5 Å². The van der Waals surface area contributed by atoms with Crippen LogP contribution in [0.1, 0.15) is 17.5 Å². The summed E-state index contributed by atoms with van der Waals surface area (Å²) in [4.78, 5) is 0. The van der Waals surface area contributed by atoms with Gasteiger partial charge in [-0.25, -0.2) is 0 Å². The number of methoxy groups -OCH3 is 1. The summed E-state index contributed by atoms with van der Waals surface area (Å²) in [6.07, 6.45) is 2.69. The molecule has 1 N–H and O–H groups in total. The highest BCUT2D eigenvalue weighted by atomic mass is 79.9. The second-order valence-electron chi connectivity index (χ2n) is 4.34. The molecule has 0 unspecified atom stereocenters. The number of hydrogen-bond donors (Lipinski definition) is 1. The zero-order valence-corrected chi connectivity index (χ0v) is 12.9. The highest BCUT2D eigenvalue weighted by Gasteiger charge is 2.08. The summed E-state index contributed by atoms with van der Waals surface area (Å²) in [5.74, 6) is 0.836. The van der Waals surface area contributed by atoms with Crippen LogP contribution in [0.3, 0.4) is 0 Å². The number of ether oxygens (including phenoxy) is 1. The predicted octanol–water partition coefficient (Wildman–Crippen LogP) is 4.27. The molecule has 2 aromatic rings. The third-order valence-electron chi connectivity index (χ3n) is 3.04. The Balaban J connectivity index is 2.45. The number of aliphatic hydroxyl groups is 1. The summed E-state index contributed by atoms with van der Waals surface area (Å²) in [7, 11) is 1.66. The third-order valence-corrected chi connectivity index (χ3v) is 3.73. The summed E-state index contributed by atoms with van der Waals surface area (Å²) >= 11 is 3.59. The second-order valence-corrected chi connectivity index (χ2v) is 5.19. The number of rotatable bonds is 5. The average molecular weight is 333 g/mol. The summed E-state index contributed by atoms with van der Waals surface area (Å²) in [5, 5.41) is 9.08. The zero-order valence-electron chi connectivity index (χ0n) is 11.3. The van der Waals surface area contributed by atoms with Crippen molar-refractivity contribution in [3.05, 3.63) is 70.2 Å². The van der Waals surface area contributed by atoms with E-state index in [-0.39, 0.29) is 6.61 Å². The van der Waals surface area contributed by atoms with Gasteiger partial charge in [-0.3, -0.25) is 0 Å². The molecule has 0 heterocycles. The van der Waals surface area contributed by atoms with Crippen molar-refractivity contribution in [3.8, 4) is 5.75 Å². The second kappa shape index (κ2) is 7.27. The molecular weight excluding hydrogens is 316 g/mol. The molecule has 0 saturated carbocycles. The Bertz CT molecular complexity index is 588. The summed E-state index contributed by atoms with van der Waals surface area (Å²) in [5.41, 5.74) is 3.33. The van der Waals surface area contributed by atoms with Gasteiger partial charge in [-0.15, -0.1) is 0 Å². The van der Waals surface area contributed by atoms with Gasteiger partial charge in [-0.05, 0) is 41.3 Å². The molecule has 0 bridgehead atoms. The SMILES string of the molecule is COc1ccc(/C(=C/CCO)c2ccccc2Br)cc1. The molecule has 2 aromatic carbocycles. The first-order chi connectivity index (χ1) is 9.76.